The number of hydrogen-bond donors (Lipinski definition) is 1. The summed E-state index contributed by atoms with van der Waals surface area (Å²) in [5.74, 6) is -1.06. The molecule has 0 aliphatic rings. The molecule has 0 unspecified atom stereocenters. The minimum atomic E-state index is -0.541. The third-order valence-corrected chi connectivity index (χ3v) is 3.30. The first kappa shape index (κ1) is 14.3. The molecule has 0 heterocycles. The molecule has 0 atom stereocenters. The standard InChI is InChI=1S/C15H13ClFNO2/c1-9-5-6-11(18)7-12(9)15(19)20-8-10-3-2-4-13(17)14(10)16/h2-7H,8,18H2,1H3. The Labute approximate surface area is 121 Å². The molecule has 0 amide bonds. The Balaban J connectivity index is 2.13. The number of aryl methyl sites for hydroxylation is 1. The van der Waals surface area contributed by atoms with Crippen molar-refractivity contribution in [2.45, 2.75) is 13.5 Å². The van der Waals surface area contributed by atoms with Gasteiger partial charge in [-0.3, -0.25) is 0 Å². The lowest BCUT2D eigenvalue weighted by molar-refractivity contribution is 0.0471. The van der Waals surface area contributed by atoms with Crippen LogP contribution in [0.25, 0.3) is 0 Å². The van der Waals surface area contributed by atoms with Crippen molar-refractivity contribution in [1.82, 2.24) is 0 Å². The smallest absolute Gasteiger partial charge is 0.338 e. The molecule has 0 saturated heterocycles. The van der Waals surface area contributed by atoms with Crippen LogP contribution >= 0.6 is 11.6 Å². The van der Waals surface area contributed by atoms with E-state index in [-0.39, 0.29) is 11.6 Å². The summed E-state index contributed by atoms with van der Waals surface area (Å²) in [5, 5.41) is -0.0374. The second-order valence-electron chi connectivity index (χ2n) is 4.36. The van der Waals surface area contributed by atoms with Gasteiger partial charge in [0.15, 0.2) is 0 Å². The highest BCUT2D eigenvalue weighted by atomic mass is 35.5. The van der Waals surface area contributed by atoms with Crippen LogP contribution in [0.1, 0.15) is 21.5 Å². The van der Waals surface area contributed by atoms with E-state index in [1.54, 1.807) is 31.2 Å². The van der Waals surface area contributed by atoms with Crippen LogP contribution in [0.15, 0.2) is 36.4 Å². The largest absolute Gasteiger partial charge is 0.457 e. The van der Waals surface area contributed by atoms with Crippen LogP contribution in [0.3, 0.4) is 0 Å². The molecule has 2 N–H and O–H groups in total. The van der Waals surface area contributed by atoms with Crippen LogP contribution in [-0.2, 0) is 11.3 Å². The predicted molar refractivity (Wildman–Crippen MR) is 76.1 cm³/mol. The molecule has 0 bridgehead atoms. The van der Waals surface area contributed by atoms with Crippen LogP contribution in [0, 0.1) is 12.7 Å². The number of halogens is 2. The van der Waals surface area contributed by atoms with E-state index < -0.39 is 11.8 Å². The number of nitrogens with two attached hydrogens (primary N) is 1. The summed E-state index contributed by atoms with van der Waals surface area (Å²) >= 11 is 5.79. The first-order valence-electron chi connectivity index (χ1n) is 5.95. The average Bonchev–Trinajstić information content (AvgIpc) is 2.43. The Morgan fingerprint density at radius 1 is 1.35 bits per heavy atom. The van der Waals surface area contributed by atoms with Crippen molar-refractivity contribution < 1.29 is 13.9 Å². The van der Waals surface area contributed by atoms with Crippen LogP contribution in [0.2, 0.25) is 5.02 Å². The molecule has 0 saturated carbocycles. The van der Waals surface area contributed by atoms with Gasteiger partial charge in [-0.1, -0.05) is 29.8 Å². The van der Waals surface area contributed by atoms with Gasteiger partial charge in [0, 0.05) is 11.3 Å². The molecule has 0 spiro atoms. The van der Waals surface area contributed by atoms with Gasteiger partial charge < -0.3 is 10.5 Å². The van der Waals surface area contributed by atoms with Crippen LogP contribution in [0.5, 0.6) is 0 Å². The fourth-order valence-corrected chi connectivity index (χ4v) is 1.92. The summed E-state index contributed by atoms with van der Waals surface area (Å²) < 4.78 is 18.4. The molecular formula is C15H13ClFNO2. The summed E-state index contributed by atoms with van der Waals surface area (Å²) in [6.07, 6.45) is 0. The normalized spacial score (nSPS) is 10.3. The SMILES string of the molecule is Cc1ccc(N)cc1C(=O)OCc1cccc(F)c1Cl. The summed E-state index contributed by atoms with van der Waals surface area (Å²) in [7, 11) is 0. The molecule has 0 aliphatic carbocycles. The molecule has 2 aromatic rings. The number of nitrogen functional groups attached to an aromatic ring is 1. The van der Waals surface area contributed by atoms with Crippen molar-refractivity contribution in [1.29, 1.82) is 0 Å². The average molecular weight is 294 g/mol. The zero-order valence-corrected chi connectivity index (χ0v) is 11.6. The first-order valence-corrected chi connectivity index (χ1v) is 6.33. The van der Waals surface area contributed by atoms with Gasteiger partial charge in [0.1, 0.15) is 12.4 Å². The molecule has 104 valence electrons. The molecular weight excluding hydrogens is 281 g/mol. The lowest BCUT2D eigenvalue weighted by Gasteiger charge is -2.09. The quantitative estimate of drug-likeness (QED) is 0.693. The van der Waals surface area contributed by atoms with Gasteiger partial charge in [-0.2, -0.15) is 0 Å². The molecule has 0 aromatic heterocycles. The summed E-state index contributed by atoms with van der Waals surface area (Å²) in [4.78, 5) is 12.0. The Hall–Kier alpha value is -2.07. The molecule has 20 heavy (non-hydrogen) atoms. The van der Waals surface area contributed by atoms with Gasteiger partial charge >= 0.3 is 5.97 Å². The zero-order chi connectivity index (χ0) is 14.7. The highest BCUT2D eigenvalue weighted by Gasteiger charge is 2.13. The van der Waals surface area contributed by atoms with Crippen molar-refractivity contribution in [3.63, 3.8) is 0 Å². The number of hydrogen-bond acceptors (Lipinski definition) is 3. The van der Waals surface area contributed by atoms with E-state index in [4.69, 9.17) is 22.1 Å². The minimum absolute atomic E-state index is 0.0374. The fraction of sp³-hybridized carbons (Fsp3) is 0.133. The lowest BCUT2D eigenvalue weighted by atomic mass is 10.1. The van der Waals surface area contributed by atoms with Gasteiger partial charge in [0.2, 0.25) is 0 Å². The van der Waals surface area contributed by atoms with Gasteiger partial charge in [0.25, 0.3) is 0 Å². The number of carbonyl (C=O) groups excluding carboxylic acids is 1. The Bertz CT molecular complexity index is 658. The minimum Gasteiger partial charge on any atom is -0.457 e. The van der Waals surface area contributed by atoms with E-state index in [1.165, 1.54) is 12.1 Å². The second-order valence-corrected chi connectivity index (χ2v) is 4.74. The lowest BCUT2D eigenvalue weighted by Crippen LogP contribution is -2.08. The molecule has 0 radical (unpaired) electrons. The molecule has 5 heteroatoms. The summed E-state index contributed by atoms with van der Waals surface area (Å²) in [5.41, 5.74) is 7.68. The van der Waals surface area contributed by atoms with Gasteiger partial charge in [-0.25, -0.2) is 9.18 Å². The molecule has 0 fully saturated rings. The number of rotatable bonds is 3. The molecule has 3 nitrogen and oxygen atoms in total. The van der Waals surface area contributed by atoms with Crippen molar-refractivity contribution >= 4 is 23.3 Å². The van der Waals surface area contributed by atoms with Crippen molar-refractivity contribution in [2.75, 3.05) is 5.73 Å². The van der Waals surface area contributed by atoms with Gasteiger partial charge in [0.05, 0.1) is 10.6 Å². The van der Waals surface area contributed by atoms with Crippen molar-refractivity contribution in [3.05, 3.63) is 63.9 Å². The number of anilines is 1. The second kappa shape index (κ2) is 5.92. The number of carbonyl (C=O) groups is 1. The number of ether oxygens (including phenoxy) is 1. The Kier molecular flexibility index (Phi) is 4.25. The van der Waals surface area contributed by atoms with E-state index in [1.807, 2.05) is 0 Å². The highest BCUT2D eigenvalue weighted by Crippen LogP contribution is 2.21. The Morgan fingerprint density at radius 3 is 2.85 bits per heavy atom. The van der Waals surface area contributed by atoms with Gasteiger partial charge in [-0.15, -0.1) is 0 Å². The van der Waals surface area contributed by atoms with Crippen LogP contribution in [-0.4, -0.2) is 5.97 Å². The third-order valence-electron chi connectivity index (χ3n) is 2.87. The number of benzene rings is 2. The van der Waals surface area contributed by atoms with Crippen molar-refractivity contribution in [2.24, 2.45) is 0 Å². The fourth-order valence-electron chi connectivity index (χ4n) is 1.74. The molecule has 2 aromatic carbocycles. The van der Waals surface area contributed by atoms with E-state index >= 15 is 0 Å². The monoisotopic (exact) mass is 293 g/mol. The number of esters is 1. The Morgan fingerprint density at radius 2 is 2.10 bits per heavy atom. The zero-order valence-electron chi connectivity index (χ0n) is 10.8. The van der Waals surface area contributed by atoms with Gasteiger partial charge in [-0.05, 0) is 30.7 Å². The topological polar surface area (TPSA) is 52.3 Å². The maximum Gasteiger partial charge on any atom is 0.338 e. The van der Waals surface area contributed by atoms with E-state index in [9.17, 15) is 9.18 Å². The van der Waals surface area contributed by atoms with E-state index in [2.05, 4.69) is 0 Å². The predicted octanol–water partition coefficient (Wildman–Crippen LogP) is 3.73. The maximum absolute atomic E-state index is 13.3. The highest BCUT2D eigenvalue weighted by molar-refractivity contribution is 6.31. The molecule has 2 rings (SSSR count). The van der Waals surface area contributed by atoms with Crippen LogP contribution < -0.4 is 5.73 Å². The summed E-state index contributed by atoms with van der Waals surface area (Å²) in [6, 6.07) is 9.35. The van der Waals surface area contributed by atoms with Crippen molar-refractivity contribution in [3.8, 4) is 0 Å². The van der Waals surface area contributed by atoms with Crippen LogP contribution in [0.4, 0.5) is 10.1 Å². The van der Waals surface area contributed by atoms with E-state index in [0.717, 1.165) is 5.56 Å². The maximum atomic E-state index is 13.3. The first-order chi connectivity index (χ1) is 9.49. The third kappa shape index (κ3) is 3.08. The molecule has 0 aliphatic heterocycles. The summed E-state index contributed by atoms with van der Waals surface area (Å²) in [6.45, 7) is 1.69. The van der Waals surface area contributed by atoms with E-state index in [0.29, 0.717) is 16.8 Å².